The fraction of sp³-hybridized carbons (Fsp3) is 0. The largest absolute Gasteiger partial charge is 0.457 e. The van der Waals surface area contributed by atoms with Crippen LogP contribution in [0.25, 0.3) is 10.9 Å². The normalized spacial score (nSPS) is 11.5. The van der Waals surface area contributed by atoms with Gasteiger partial charge in [0.2, 0.25) is 0 Å². The van der Waals surface area contributed by atoms with Gasteiger partial charge >= 0.3 is 0 Å². The Labute approximate surface area is 203 Å². The van der Waals surface area contributed by atoms with Gasteiger partial charge in [0.25, 0.3) is 15.9 Å². The zero-order chi connectivity index (χ0) is 23.0. The number of aromatic amines is 1. The minimum Gasteiger partial charge on any atom is -0.457 e. The van der Waals surface area contributed by atoms with Gasteiger partial charge in [-0.3, -0.25) is 4.79 Å². The first-order valence-electron chi connectivity index (χ1n) is 8.90. The van der Waals surface area contributed by atoms with Crippen LogP contribution in [0.5, 0.6) is 11.5 Å². The number of aromatic nitrogens is 1. The number of rotatable bonds is 5. The molecule has 0 spiro atoms. The highest BCUT2D eigenvalue weighted by atomic mass is 35.5. The molecule has 0 aliphatic heterocycles. The van der Waals surface area contributed by atoms with Crippen molar-refractivity contribution in [2.45, 2.75) is 4.90 Å². The number of ether oxygens (including phenoxy) is 1. The van der Waals surface area contributed by atoms with E-state index >= 15 is 0 Å². The van der Waals surface area contributed by atoms with Crippen molar-refractivity contribution in [3.8, 4) is 11.5 Å². The number of hydrogen-bond donors (Lipinski definition) is 2. The molecule has 4 aromatic rings. The lowest BCUT2D eigenvalue weighted by atomic mass is 10.2. The minimum atomic E-state index is -4.21. The third-order valence-electron chi connectivity index (χ3n) is 4.37. The fourth-order valence-electron chi connectivity index (χ4n) is 2.90. The summed E-state index contributed by atoms with van der Waals surface area (Å²) >= 11 is 23.7. The zero-order valence-corrected chi connectivity index (χ0v) is 19.7. The molecule has 1 amide bonds. The van der Waals surface area contributed by atoms with Crippen molar-refractivity contribution in [2.75, 3.05) is 0 Å². The van der Waals surface area contributed by atoms with Crippen LogP contribution in [0.3, 0.4) is 0 Å². The Balaban J connectivity index is 1.56. The molecule has 3 aromatic carbocycles. The standard InChI is InChI=1S/C21H12Cl4N2O4S/c22-12-1-6-20(17(25)9-12)32(29,30)27-21(28)19-8-11-7-13(3-5-18(11)26-19)31-14-2-4-15(23)16(24)10-14/h1-10,26H,(H,27,28). The summed E-state index contributed by atoms with van der Waals surface area (Å²) in [5, 5.41) is 1.57. The lowest BCUT2D eigenvalue weighted by molar-refractivity contribution is 0.0977. The van der Waals surface area contributed by atoms with Crippen LogP contribution in [0.4, 0.5) is 0 Å². The topological polar surface area (TPSA) is 88.3 Å². The molecular formula is C21H12Cl4N2O4S. The number of sulfonamides is 1. The van der Waals surface area contributed by atoms with Gasteiger partial charge in [-0.15, -0.1) is 0 Å². The van der Waals surface area contributed by atoms with Crippen molar-refractivity contribution >= 4 is 73.2 Å². The highest BCUT2D eigenvalue weighted by molar-refractivity contribution is 7.90. The zero-order valence-electron chi connectivity index (χ0n) is 15.8. The molecule has 0 bridgehead atoms. The molecule has 0 unspecified atom stereocenters. The maximum Gasteiger partial charge on any atom is 0.281 e. The average molecular weight is 530 g/mol. The quantitative estimate of drug-likeness (QED) is 0.301. The van der Waals surface area contributed by atoms with Crippen LogP contribution in [0, 0.1) is 0 Å². The Kier molecular flexibility index (Phi) is 6.29. The molecule has 6 nitrogen and oxygen atoms in total. The Morgan fingerprint density at radius 2 is 1.53 bits per heavy atom. The Bertz CT molecular complexity index is 1470. The summed E-state index contributed by atoms with van der Waals surface area (Å²) in [7, 11) is -4.21. The molecule has 1 heterocycles. The number of carbonyl (C=O) groups excluding carboxylic acids is 1. The molecule has 1 aromatic heterocycles. The second-order valence-corrected chi connectivity index (χ2v) is 9.93. The lowest BCUT2D eigenvalue weighted by Gasteiger charge is -2.07. The van der Waals surface area contributed by atoms with Gasteiger partial charge < -0.3 is 9.72 Å². The number of benzene rings is 3. The van der Waals surface area contributed by atoms with E-state index in [1.807, 2.05) is 4.72 Å². The number of hydrogen-bond acceptors (Lipinski definition) is 4. The maximum absolute atomic E-state index is 12.6. The summed E-state index contributed by atoms with van der Waals surface area (Å²) in [5.41, 5.74) is 0.652. The average Bonchev–Trinajstić information content (AvgIpc) is 3.14. The summed E-state index contributed by atoms with van der Waals surface area (Å²) in [5.74, 6) is 0.125. The second-order valence-electron chi connectivity index (χ2n) is 6.62. The van der Waals surface area contributed by atoms with Crippen LogP contribution in [0.15, 0.2) is 65.6 Å². The Morgan fingerprint density at radius 1 is 0.812 bits per heavy atom. The van der Waals surface area contributed by atoms with Crippen LogP contribution in [0.1, 0.15) is 10.5 Å². The van der Waals surface area contributed by atoms with Crippen LogP contribution < -0.4 is 9.46 Å². The van der Waals surface area contributed by atoms with Gasteiger partial charge in [0.1, 0.15) is 22.1 Å². The second kappa shape index (κ2) is 8.84. The molecule has 164 valence electrons. The van der Waals surface area contributed by atoms with Gasteiger partial charge in [0, 0.05) is 22.0 Å². The first-order chi connectivity index (χ1) is 15.1. The van der Waals surface area contributed by atoms with Gasteiger partial charge in [0.05, 0.1) is 15.1 Å². The van der Waals surface area contributed by atoms with Crippen LogP contribution >= 0.6 is 46.4 Å². The number of nitrogens with one attached hydrogen (secondary N) is 2. The van der Waals surface area contributed by atoms with E-state index in [2.05, 4.69) is 4.98 Å². The van der Waals surface area contributed by atoms with Gasteiger partial charge in [-0.25, -0.2) is 13.1 Å². The van der Waals surface area contributed by atoms with Gasteiger partial charge in [-0.05, 0) is 54.6 Å². The smallest absolute Gasteiger partial charge is 0.281 e. The summed E-state index contributed by atoms with van der Waals surface area (Å²) in [4.78, 5) is 15.2. The molecule has 4 rings (SSSR count). The molecular weight excluding hydrogens is 518 g/mol. The minimum absolute atomic E-state index is 0.0420. The molecule has 0 atom stereocenters. The predicted molar refractivity (Wildman–Crippen MR) is 126 cm³/mol. The van der Waals surface area contributed by atoms with Gasteiger partial charge in [0.15, 0.2) is 0 Å². The first kappa shape index (κ1) is 22.8. The van der Waals surface area contributed by atoms with Gasteiger partial charge in [-0.2, -0.15) is 0 Å². The highest BCUT2D eigenvalue weighted by Gasteiger charge is 2.23. The van der Waals surface area contributed by atoms with Crippen molar-refractivity contribution in [3.05, 3.63) is 86.4 Å². The van der Waals surface area contributed by atoms with E-state index in [9.17, 15) is 13.2 Å². The number of carbonyl (C=O) groups is 1. The third-order valence-corrected chi connectivity index (χ3v) is 7.16. The van der Waals surface area contributed by atoms with Crippen molar-refractivity contribution in [2.24, 2.45) is 0 Å². The molecule has 0 saturated carbocycles. The molecule has 11 heteroatoms. The monoisotopic (exact) mass is 528 g/mol. The van der Waals surface area contributed by atoms with Crippen molar-refractivity contribution < 1.29 is 17.9 Å². The molecule has 2 N–H and O–H groups in total. The molecule has 0 saturated heterocycles. The van der Waals surface area contributed by atoms with Gasteiger partial charge in [-0.1, -0.05) is 46.4 Å². The van der Waals surface area contributed by atoms with E-state index in [-0.39, 0.29) is 20.6 Å². The summed E-state index contributed by atoms with van der Waals surface area (Å²) in [6.07, 6.45) is 0. The maximum atomic E-state index is 12.6. The Morgan fingerprint density at radius 3 is 2.25 bits per heavy atom. The van der Waals surface area contributed by atoms with Crippen LogP contribution in [-0.2, 0) is 10.0 Å². The van der Waals surface area contributed by atoms with Crippen molar-refractivity contribution in [1.82, 2.24) is 9.71 Å². The third kappa shape index (κ3) is 4.82. The number of amides is 1. The number of halogens is 4. The van der Waals surface area contributed by atoms with E-state index in [0.29, 0.717) is 32.4 Å². The van der Waals surface area contributed by atoms with E-state index < -0.39 is 15.9 Å². The molecule has 0 aliphatic rings. The van der Waals surface area contributed by atoms with E-state index in [1.165, 1.54) is 24.3 Å². The fourth-order valence-corrected chi connectivity index (χ4v) is 4.93. The molecule has 0 radical (unpaired) electrons. The lowest BCUT2D eigenvalue weighted by Crippen LogP contribution is -2.31. The Hall–Kier alpha value is -2.42. The van der Waals surface area contributed by atoms with E-state index in [1.54, 1.807) is 36.4 Å². The number of fused-ring (bicyclic) bond motifs is 1. The van der Waals surface area contributed by atoms with E-state index in [4.69, 9.17) is 51.1 Å². The first-order valence-corrected chi connectivity index (χ1v) is 11.9. The number of H-pyrrole nitrogens is 1. The van der Waals surface area contributed by atoms with Crippen LogP contribution in [0.2, 0.25) is 20.1 Å². The van der Waals surface area contributed by atoms with Crippen molar-refractivity contribution in [3.63, 3.8) is 0 Å². The SMILES string of the molecule is O=C(NS(=O)(=O)c1ccc(Cl)cc1Cl)c1cc2cc(Oc3ccc(Cl)c(Cl)c3)ccc2[nH]1. The highest BCUT2D eigenvalue weighted by Crippen LogP contribution is 2.31. The summed E-state index contributed by atoms with van der Waals surface area (Å²) in [6, 6.07) is 15.3. The van der Waals surface area contributed by atoms with E-state index in [0.717, 1.165) is 0 Å². The molecule has 0 aliphatic carbocycles. The predicted octanol–water partition coefficient (Wildman–Crippen LogP) is 6.69. The molecule has 32 heavy (non-hydrogen) atoms. The van der Waals surface area contributed by atoms with Crippen molar-refractivity contribution in [1.29, 1.82) is 0 Å². The summed E-state index contributed by atoms with van der Waals surface area (Å²) < 4.78 is 32.9. The van der Waals surface area contributed by atoms with Crippen LogP contribution in [-0.4, -0.2) is 19.3 Å². The summed E-state index contributed by atoms with van der Waals surface area (Å²) in [6.45, 7) is 0. The molecule has 0 fully saturated rings.